The van der Waals surface area contributed by atoms with E-state index in [1.807, 2.05) is 0 Å². The van der Waals surface area contributed by atoms with Gasteiger partial charge in [0.2, 0.25) is 0 Å². The van der Waals surface area contributed by atoms with Gasteiger partial charge in [0.15, 0.2) is 16.6 Å². The second-order valence-corrected chi connectivity index (χ2v) is 5.70. The van der Waals surface area contributed by atoms with Crippen LogP contribution in [-0.4, -0.2) is 15.3 Å². The van der Waals surface area contributed by atoms with Crippen molar-refractivity contribution in [3.8, 4) is 11.5 Å². The van der Waals surface area contributed by atoms with Gasteiger partial charge in [0.05, 0.1) is 0 Å². The molecule has 0 atom stereocenters. The summed E-state index contributed by atoms with van der Waals surface area (Å²) in [6.45, 7) is 4.71. The van der Waals surface area contributed by atoms with E-state index in [1.54, 1.807) is 6.07 Å². The molecule has 5 heteroatoms. The molecule has 0 heterocycles. The fraction of sp³-hybridized carbons (Fsp3) is 0.278. The number of phenols is 2. The zero-order valence-corrected chi connectivity index (χ0v) is 14.2. The Labute approximate surface area is 142 Å². The smallest absolute Gasteiger partial charge is 0.171 e. The first-order valence-electron chi connectivity index (χ1n) is 7.71. The van der Waals surface area contributed by atoms with Crippen molar-refractivity contribution in [2.45, 2.75) is 33.2 Å². The van der Waals surface area contributed by atoms with E-state index < -0.39 is 0 Å². The Morgan fingerprint density at radius 1 is 1.00 bits per heavy atom. The monoisotopic (exact) mass is 330 g/mol. The number of thiocarbonyl (C=S) groups is 1. The molecule has 0 aliphatic heterocycles. The van der Waals surface area contributed by atoms with E-state index in [2.05, 4.69) is 42.7 Å². The van der Waals surface area contributed by atoms with Crippen LogP contribution in [-0.2, 0) is 19.4 Å². The van der Waals surface area contributed by atoms with Crippen molar-refractivity contribution in [2.24, 2.45) is 0 Å². The number of aryl methyl sites for hydroxylation is 2. The molecule has 2 rings (SSSR count). The summed E-state index contributed by atoms with van der Waals surface area (Å²) in [6.07, 6.45) is 1.87. The van der Waals surface area contributed by atoms with E-state index in [0.29, 0.717) is 11.7 Å². The van der Waals surface area contributed by atoms with Crippen molar-refractivity contribution in [3.05, 3.63) is 53.1 Å². The van der Waals surface area contributed by atoms with Crippen LogP contribution in [0.5, 0.6) is 11.5 Å². The molecule has 0 aromatic heterocycles. The van der Waals surface area contributed by atoms with Gasteiger partial charge in [-0.15, -0.1) is 0 Å². The topological polar surface area (TPSA) is 64.5 Å². The molecule has 0 saturated heterocycles. The van der Waals surface area contributed by atoms with Gasteiger partial charge in [-0.2, -0.15) is 0 Å². The molecule has 0 bridgehead atoms. The maximum atomic E-state index is 9.51. The van der Waals surface area contributed by atoms with Crippen molar-refractivity contribution in [2.75, 3.05) is 5.32 Å². The van der Waals surface area contributed by atoms with E-state index in [9.17, 15) is 10.2 Å². The number of nitrogens with one attached hydrogen (secondary N) is 2. The van der Waals surface area contributed by atoms with Gasteiger partial charge in [0.25, 0.3) is 0 Å². The Bertz CT molecular complexity index is 679. The first kappa shape index (κ1) is 17.1. The average molecular weight is 330 g/mol. The Hall–Kier alpha value is -2.27. The summed E-state index contributed by atoms with van der Waals surface area (Å²) >= 11 is 5.37. The zero-order valence-electron chi connectivity index (χ0n) is 13.4. The molecular formula is C18H22N2O2S. The molecule has 2 aromatic rings. The molecule has 0 amide bonds. The summed E-state index contributed by atoms with van der Waals surface area (Å²) in [4.78, 5) is 0. The van der Waals surface area contributed by atoms with Crippen molar-refractivity contribution in [1.29, 1.82) is 0 Å². The van der Waals surface area contributed by atoms with Crippen molar-refractivity contribution >= 4 is 23.0 Å². The molecule has 4 N–H and O–H groups in total. The van der Waals surface area contributed by atoms with Gasteiger partial charge in [0, 0.05) is 12.2 Å². The van der Waals surface area contributed by atoms with E-state index in [4.69, 9.17) is 12.2 Å². The Morgan fingerprint density at radius 3 is 2.22 bits per heavy atom. The van der Waals surface area contributed by atoms with Gasteiger partial charge >= 0.3 is 0 Å². The quantitative estimate of drug-likeness (QED) is 0.497. The highest BCUT2D eigenvalue weighted by Crippen LogP contribution is 2.25. The third-order valence-electron chi connectivity index (χ3n) is 3.73. The van der Waals surface area contributed by atoms with Gasteiger partial charge in [-0.25, -0.2) is 0 Å². The van der Waals surface area contributed by atoms with E-state index >= 15 is 0 Å². The van der Waals surface area contributed by atoms with Gasteiger partial charge in [-0.05, 0) is 53.9 Å². The minimum atomic E-state index is -0.132. The fourth-order valence-electron chi connectivity index (χ4n) is 2.42. The lowest BCUT2D eigenvalue weighted by Crippen LogP contribution is -2.28. The highest BCUT2D eigenvalue weighted by Gasteiger charge is 2.08. The van der Waals surface area contributed by atoms with E-state index in [-0.39, 0.29) is 11.5 Å². The van der Waals surface area contributed by atoms with Crippen molar-refractivity contribution in [1.82, 2.24) is 5.32 Å². The standard InChI is InChI=1S/C18H22N2O2S/c1-3-13-6-5-7-14(4-2)17(13)20-18(23)19-11-12-8-9-15(21)16(22)10-12/h5-10,21-22H,3-4,11H2,1-2H3,(H2,19,20,23). The van der Waals surface area contributed by atoms with Crippen LogP contribution in [0.4, 0.5) is 5.69 Å². The second kappa shape index (κ2) is 7.83. The van der Waals surface area contributed by atoms with Crippen molar-refractivity contribution in [3.63, 3.8) is 0 Å². The summed E-state index contributed by atoms with van der Waals surface area (Å²) in [7, 11) is 0. The number of hydrogen-bond acceptors (Lipinski definition) is 3. The van der Waals surface area contributed by atoms with Crippen LogP contribution in [0.15, 0.2) is 36.4 Å². The maximum absolute atomic E-state index is 9.51. The largest absolute Gasteiger partial charge is 0.504 e. The molecule has 23 heavy (non-hydrogen) atoms. The molecule has 0 fully saturated rings. The lowest BCUT2D eigenvalue weighted by atomic mass is 10.0. The molecule has 0 radical (unpaired) electrons. The van der Waals surface area contributed by atoms with Crippen LogP contribution in [0.25, 0.3) is 0 Å². The molecule has 0 aliphatic rings. The number of hydrogen-bond donors (Lipinski definition) is 4. The maximum Gasteiger partial charge on any atom is 0.171 e. The van der Waals surface area contributed by atoms with Gasteiger partial charge in [-0.1, -0.05) is 38.1 Å². The Balaban J connectivity index is 2.04. The number of aromatic hydroxyl groups is 2. The normalized spacial score (nSPS) is 10.3. The fourth-order valence-corrected chi connectivity index (χ4v) is 2.60. The van der Waals surface area contributed by atoms with Gasteiger partial charge < -0.3 is 20.8 Å². The second-order valence-electron chi connectivity index (χ2n) is 5.29. The minimum absolute atomic E-state index is 0.126. The van der Waals surface area contributed by atoms with Gasteiger partial charge in [0.1, 0.15) is 0 Å². The number of anilines is 1. The summed E-state index contributed by atoms with van der Waals surface area (Å²) in [5.41, 5.74) is 4.37. The summed E-state index contributed by atoms with van der Waals surface area (Å²) in [5, 5.41) is 25.8. The summed E-state index contributed by atoms with van der Waals surface area (Å²) < 4.78 is 0. The number of rotatable bonds is 5. The molecule has 2 aromatic carbocycles. The van der Waals surface area contributed by atoms with Crippen LogP contribution in [0.3, 0.4) is 0 Å². The zero-order chi connectivity index (χ0) is 16.8. The molecule has 0 unspecified atom stereocenters. The number of benzene rings is 2. The van der Waals surface area contributed by atoms with Crippen LogP contribution in [0, 0.1) is 0 Å². The predicted octanol–water partition coefficient (Wildman–Crippen LogP) is 3.71. The predicted molar refractivity (Wildman–Crippen MR) is 98.0 cm³/mol. The number of para-hydroxylation sites is 1. The minimum Gasteiger partial charge on any atom is -0.504 e. The van der Waals surface area contributed by atoms with Crippen LogP contribution >= 0.6 is 12.2 Å². The van der Waals surface area contributed by atoms with Crippen LogP contribution in [0.2, 0.25) is 0 Å². The highest BCUT2D eigenvalue weighted by molar-refractivity contribution is 7.80. The Morgan fingerprint density at radius 2 is 1.65 bits per heavy atom. The Kier molecular flexibility index (Phi) is 5.82. The van der Waals surface area contributed by atoms with Gasteiger partial charge in [-0.3, -0.25) is 0 Å². The number of phenolic OH excluding ortho intramolecular Hbond substituents is 2. The molecule has 0 saturated carbocycles. The van der Waals surface area contributed by atoms with Crippen LogP contribution in [0.1, 0.15) is 30.5 Å². The third-order valence-corrected chi connectivity index (χ3v) is 3.98. The lowest BCUT2D eigenvalue weighted by Gasteiger charge is -2.17. The summed E-state index contributed by atoms with van der Waals surface area (Å²) in [5.74, 6) is -0.258. The summed E-state index contributed by atoms with van der Waals surface area (Å²) in [6, 6.07) is 11.0. The molecule has 0 aliphatic carbocycles. The first-order valence-corrected chi connectivity index (χ1v) is 8.12. The molecule has 0 spiro atoms. The average Bonchev–Trinajstić information content (AvgIpc) is 2.56. The van der Waals surface area contributed by atoms with Crippen LogP contribution < -0.4 is 10.6 Å². The molecular weight excluding hydrogens is 308 g/mol. The van der Waals surface area contributed by atoms with E-state index in [0.717, 1.165) is 24.1 Å². The third kappa shape index (κ3) is 4.36. The first-order chi connectivity index (χ1) is 11.0. The highest BCUT2D eigenvalue weighted by atomic mass is 32.1. The SMILES string of the molecule is CCc1cccc(CC)c1NC(=S)NCc1ccc(O)c(O)c1. The molecule has 122 valence electrons. The molecule has 4 nitrogen and oxygen atoms in total. The lowest BCUT2D eigenvalue weighted by molar-refractivity contribution is 0.403. The van der Waals surface area contributed by atoms with Crippen molar-refractivity contribution < 1.29 is 10.2 Å². The van der Waals surface area contributed by atoms with E-state index in [1.165, 1.54) is 23.3 Å².